The quantitative estimate of drug-likeness (QED) is 0.402. The third-order valence-electron chi connectivity index (χ3n) is 4.08. The maximum atomic E-state index is 12.2. The minimum Gasteiger partial charge on any atom is -0.454 e. The van der Waals surface area contributed by atoms with Crippen LogP contribution in [0.5, 0.6) is 0 Å². The topological polar surface area (TPSA) is 96.3 Å². The summed E-state index contributed by atoms with van der Waals surface area (Å²) in [5.41, 5.74) is 1.71. The first-order valence-corrected chi connectivity index (χ1v) is 9.14. The number of esters is 1. The molecule has 1 amide bonds. The van der Waals surface area contributed by atoms with Crippen LogP contribution in [-0.2, 0) is 9.53 Å². The fourth-order valence-electron chi connectivity index (χ4n) is 2.48. The van der Waals surface area contributed by atoms with Crippen molar-refractivity contribution in [2.45, 2.75) is 32.6 Å². The molecule has 2 aromatic carbocycles. The number of nitrogens with zero attached hydrogens (tertiary/aromatic N) is 1. The van der Waals surface area contributed by atoms with Crippen LogP contribution in [0.25, 0.3) is 0 Å². The molecule has 28 heavy (non-hydrogen) atoms. The van der Waals surface area contributed by atoms with Crippen LogP contribution in [0.2, 0.25) is 0 Å². The van der Waals surface area contributed by atoms with Crippen LogP contribution in [0.1, 0.15) is 58.9 Å². The van der Waals surface area contributed by atoms with E-state index in [-0.39, 0.29) is 23.9 Å². The fraction of sp³-hybridized carbons (Fsp3) is 0.273. The number of amides is 1. The van der Waals surface area contributed by atoms with Crippen molar-refractivity contribution < 1.29 is 19.1 Å². The highest BCUT2D eigenvalue weighted by Crippen LogP contribution is 2.12. The molecule has 0 aromatic heterocycles. The predicted molar refractivity (Wildman–Crippen MR) is 105 cm³/mol. The number of unbranched alkanes of at least 4 members (excludes halogenated alkanes) is 2. The molecule has 0 heterocycles. The van der Waals surface area contributed by atoms with Gasteiger partial charge >= 0.3 is 5.97 Å². The third-order valence-corrected chi connectivity index (χ3v) is 4.08. The van der Waals surface area contributed by atoms with Gasteiger partial charge in [0.15, 0.2) is 12.4 Å². The number of hydrogen-bond acceptors (Lipinski definition) is 5. The van der Waals surface area contributed by atoms with E-state index >= 15 is 0 Å². The molecule has 2 rings (SSSR count). The molecule has 0 spiro atoms. The van der Waals surface area contributed by atoms with Crippen molar-refractivity contribution in [1.82, 2.24) is 0 Å². The second kappa shape index (κ2) is 10.6. The molecule has 0 aliphatic heterocycles. The van der Waals surface area contributed by atoms with Crippen molar-refractivity contribution in [3.63, 3.8) is 0 Å². The van der Waals surface area contributed by atoms with E-state index in [4.69, 9.17) is 10.00 Å². The minimum atomic E-state index is -0.631. The molecule has 0 aliphatic rings. The Labute approximate surface area is 164 Å². The molecule has 0 fully saturated rings. The van der Waals surface area contributed by atoms with Gasteiger partial charge in [-0.05, 0) is 55.0 Å². The number of nitriles is 1. The molecule has 1 N–H and O–H groups in total. The van der Waals surface area contributed by atoms with Crippen molar-refractivity contribution in [3.8, 4) is 6.07 Å². The van der Waals surface area contributed by atoms with E-state index in [0.29, 0.717) is 23.2 Å². The average Bonchev–Trinajstić information content (AvgIpc) is 2.72. The molecule has 0 aliphatic carbocycles. The molecule has 144 valence electrons. The lowest BCUT2D eigenvalue weighted by atomic mass is 10.1. The summed E-state index contributed by atoms with van der Waals surface area (Å²) in [6, 6.07) is 14.4. The lowest BCUT2D eigenvalue weighted by molar-refractivity contribution is -0.116. The summed E-state index contributed by atoms with van der Waals surface area (Å²) in [6.45, 7) is 1.69. The van der Waals surface area contributed by atoms with Crippen molar-refractivity contribution in [2.24, 2.45) is 0 Å². The first kappa shape index (κ1) is 20.8. The number of anilines is 1. The standard InChI is InChI=1S/C22H22N2O4/c1-2-3-4-5-21(26)24-19-12-10-17(11-13-19)20(25)15-28-22(27)18-8-6-16(14-23)7-9-18/h6-13H,2-5,15H2,1H3,(H,24,26). The average molecular weight is 378 g/mol. The Morgan fingerprint density at radius 1 is 0.964 bits per heavy atom. The Balaban J connectivity index is 1.84. The fourth-order valence-corrected chi connectivity index (χ4v) is 2.48. The van der Waals surface area contributed by atoms with Crippen molar-refractivity contribution in [1.29, 1.82) is 5.26 Å². The second-order valence-corrected chi connectivity index (χ2v) is 6.27. The highest BCUT2D eigenvalue weighted by molar-refractivity contribution is 6.00. The van der Waals surface area contributed by atoms with Crippen LogP contribution in [0.15, 0.2) is 48.5 Å². The molecule has 0 unspecified atom stereocenters. The predicted octanol–water partition coefficient (Wildman–Crippen LogP) is 4.12. The Kier molecular flexibility index (Phi) is 7.92. The Morgan fingerprint density at radius 2 is 1.61 bits per heavy atom. The summed E-state index contributed by atoms with van der Waals surface area (Å²) in [4.78, 5) is 35.9. The van der Waals surface area contributed by atoms with Gasteiger partial charge in [-0.2, -0.15) is 5.26 Å². The van der Waals surface area contributed by atoms with E-state index in [1.165, 1.54) is 24.3 Å². The number of nitrogens with one attached hydrogen (secondary N) is 1. The molecule has 0 saturated heterocycles. The van der Waals surface area contributed by atoms with Crippen LogP contribution in [-0.4, -0.2) is 24.3 Å². The maximum Gasteiger partial charge on any atom is 0.338 e. The van der Waals surface area contributed by atoms with E-state index < -0.39 is 5.97 Å². The van der Waals surface area contributed by atoms with E-state index in [1.807, 2.05) is 6.07 Å². The van der Waals surface area contributed by atoms with E-state index in [1.54, 1.807) is 24.3 Å². The van der Waals surface area contributed by atoms with Gasteiger partial charge in [-0.1, -0.05) is 19.8 Å². The lowest BCUT2D eigenvalue weighted by Gasteiger charge is -2.07. The summed E-state index contributed by atoms with van der Waals surface area (Å²) in [7, 11) is 0. The molecule has 0 saturated carbocycles. The molecule has 0 radical (unpaired) electrons. The number of ketones is 1. The zero-order valence-corrected chi connectivity index (χ0v) is 15.7. The first-order chi connectivity index (χ1) is 13.5. The van der Waals surface area contributed by atoms with Gasteiger partial charge < -0.3 is 10.1 Å². The summed E-state index contributed by atoms with van der Waals surface area (Å²) in [5.74, 6) is -1.03. The number of rotatable bonds is 9. The smallest absolute Gasteiger partial charge is 0.338 e. The summed E-state index contributed by atoms with van der Waals surface area (Å²) < 4.78 is 5.03. The molecule has 0 atom stereocenters. The summed E-state index contributed by atoms with van der Waals surface area (Å²) in [6.07, 6.45) is 3.39. The highest BCUT2D eigenvalue weighted by Gasteiger charge is 2.12. The monoisotopic (exact) mass is 378 g/mol. The van der Waals surface area contributed by atoms with Crippen LogP contribution in [0.3, 0.4) is 0 Å². The normalized spacial score (nSPS) is 10.0. The van der Waals surface area contributed by atoms with Gasteiger partial charge in [-0.3, -0.25) is 9.59 Å². The van der Waals surface area contributed by atoms with Gasteiger partial charge in [-0.25, -0.2) is 4.79 Å². The van der Waals surface area contributed by atoms with Gasteiger partial charge in [0.1, 0.15) is 0 Å². The highest BCUT2D eigenvalue weighted by atomic mass is 16.5. The van der Waals surface area contributed by atoms with Crippen molar-refractivity contribution in [3.05, 3.63) is 65.2 Å². The molecule has 0 bridgehead atoms. The van der Waals surface area contributed by atoms with E-state index in [0.717, 1.165) is 19.3 Å². The van der Waals surface area contributed by atoms with E-state index in [2.05, 4.69) is 12.2 Å². The van der Waals surface area contributed by atoms with Gasteiger partial charge in [-0.15, -0.1) is 0 Å². The number of carbonyl (C=O) groups excluding carboxylic acids is 3. The number of benzene rings is 2. The van der Waals surface area contributed by atoms with Gasteiger partial charge in [0.2, 0.25) is 5.91 Å². The van der Waals surface area contributed by atoms with E-state index in [9.17, 15) is 14.4 Å². The van der Waals surface area contributed by atoms with Gasteiger partial charge in [0.05, 0.1) is 17.2 Å². The number of Topliss-reactive ketones (excluding diaryl/α,β-unsaturated/α-hetero) is 1. The molecular weight excluding hydrogens is 356 g/mol. The summed E-state index contributed by atoms with van der Waals surface area (Å²) >= 11 is 0. The second-order valence-electron chi connectivity index (χ2n) is 6.27. The van der Waals surface area contributed by atoms with Crippen LogP contribution in [0, 0.1) is 11.3 Å². The maximum absolute atomic E-state index is 12.2. The Morgan fingerprint density at radius 3 is 2.21 bits per heavy atom. The van der Waals surface area contributed by atoms with Crippen LogP contribution >= 0.6 is 0 Å². The minimum absolute atomic E-state index is 0.0520. The molecule has 6 nitrogen and oxygen atoms in total. The number of hydrogen-bond donors (Lipinski definition) is 1. The van der Waals surface area contributed by atoms with Crippen LogP contribution < -0.4 is 5.32 Å². The molecule has 2 aromatic rings. The number of carbonyl (C=O) groups is 3. The Hall–Kier alpha value is -3.46. The Bertz CT molecular complexity index is 865. The number of ether oxygens (including phenoxy) is 1. The van der Waals surface area contributed by atoms with Gasteiger partial charge in [0, 0.05) is 17.7 Å². The van der Waals surface area contributed by atoms with Crippen LogP contribution in [0.4, 0.5) is 5.69 Å². The van der Waals surface area contributed by atoms with Gasteiger partial charge in [0.25, 0.3) is 0 Å². The lowest BCUT2D eigenvalue weighted by Crippen LogP contribution is -2.15. The zero-order valence-electron chi connectivity index (χ0n) is 15.7. The first-order valence-electron chi connectivity index (χ1n) is 9.14. The molecular formula is C22H22N2O4. The van der Waals surface area contributed by atoms with Crippen molar-refractivity contribution >= 4 is 23.3 Å². The third kappa shape index (κ3) is 6.36. The molecule has 6 heteroatoms. The largest absolute Gasteiger partial charge is 0.454 e. The summed E-state index contributed by atoms with van der Waals surface area (Å²) in [5, 5.41) is 11.5. The van der Waals surface area contributed by atoms with Crippen molar-refractivity contribution in [2.75, 3.05) is 11.9 Å². The SMILES string of the molecule is CCCCCC(=O)Nc1ccc(C(=O)COC(=O)c2ccc(C#N)cc2)cc1. The zero-order chi connectivity index (χ0) is 20.4.